The van der Waals surface area contributed by atoms with Gasteiger partial charge in [-0.3, -0.25) is 10.3 Å². The van der Waals surface area contributed by atoms with E-state index in [1.165, 1.54) is 11.1 Å². The number of hydrogen-bond donors (Lipinski definition) is 2. The van der Waals surface area contributed by atoms with Gasteiger partial charge in [-0.05, 0) is 50.1 Å². The summed E-state index contributed by atoms with van der Waals surface area (Å²) < 4.78 is 0.983. The molecule has 2 aromatic carbocycles. The summed E-state index contributed by atoms with van der Waals surface area (Å²) in [7, 11) is 0. The number of aryl methyl sites for hydroxylation is 1. The molecule has 0 aliphatic carbocycles. The van der Waals surface area contributed by atoms with Crippen molar-refractivity contribution in [2.75, 3.05) is 19.6 Å². The van der Waals surface area contributed by atoms with Gasteiger partial charge in [0.15, 0.2) is 0 Å². The van der Waals surface area contributed by atoms with E-state index in [1.807, 2.05) is 12.1 Å². The fraction of sp³-hybridized carbons (Fsp3) is 0.435. The largest absolute Gasteiger partial charge is 0.508 e. The van der Waals surface area contributed by atoms with Crippen LogP contribution in [0.25, 0.3) is 0 Å². The van der Waals surface area contributed by atoms with E-state index in [1.54, 1.807) is 6.07 Å². The van der Waals surface area contributed by atoms with Crippen molar-refractivity contribution in [3.63, 3.8) is 0 Å². The number of hydrogen-bond acceptors (Lipinski definition) is 4. The third-order valence-corrected chi connectivity index (χ3v) is 6.56. The first kappa shape index (κ1) is 19.6. The van der Waals surface area contributed by atoms with Gasteiger partial charge >= 0.3 is 0 Å². The summed E-state index contributed by atoms with van der Waals surface area (Å²) in [5.41, 5.74) is 4.25. The number of benzene rings is 2. The zero-order valence-corrected chi connectivity index (χ0v) is 18.2. The van der Waals surface area contributed by atoms with E-state index in [9.17, 15) is 5.11 Å². The Bertz CT molecular complexity index is 870. The molecular weight excluding hydrogens is 414 g/mol. The Morgan fingerprint density at radius 2 is 1.89 bits per heavy atom. The Morgan fingerprint density at radius 1 is 1.18 bits per heavy atom. The highest BCUT2D eigenvalue weighted by atomic mass is 79.9. The summed E-state index contributed by atoms with van der Waals surface area (Å²) in [5, 5.41) is 14.4. The first-order valence-corrected chi connectivity index (χ1v) is 10.9. The molecule has 1 fully saturated rings. The first-order valence-electron chi connectivity index (χ1n) is 10.1. The van der Waals surface area contributed by atoms with Crippen LogP contribution in [0.5, 0.6) is 5.75 Å². The number of phenolic OH excluding ortho intramolecular Hbond substituents is 1. The van der Waals surface area contributed by atoms with Crippen LogP contribution in [0.4, 0.5) is 0 Å². The van der Waals surface area contributed by atoms with Crippen LogP contribution in [0.3, 0.4) is 0 Å². The second-order valence-corrected chi connectivity index (χ2v) is 8.91. The van der Waals surface area contributed by atoms with Gasteiger partial charge in [0, 0.05) is 41.3 Å². The molecule has 148 valence electrons. The van der Waals surface area contributed by atoms with E-state index in [0.29, 0.717) is 5.75 Å². The van der Waals surface area contributed by atoms with Crippen LogP contribution in [0.15, 0.2) is 51.9 Å². The number of likely N-dealkylation sites (tertiary alicyclic amines) is 1. The summed E-state index contributed by atoms with van der Waals surface area (Å²) in [4.78, 5) is 7.74. The molecule has 0 saturated carbocycles. The maximum Gasteiger partial charge on any atom is 0.120 e. The number of halogens is 1. The minimum Gasteiger partial charge on any atom is -0.508 e. The zero-order chi connectivity index (χ0) is 19.7. The highest BCUT2D eigenvalue weighted by molar-refractivity contribution is 9.10. The van der Waals surface area contributed by atoms with Gasteiger partial charge in [-0.2, -0.15) is 0 Å². The SMILES string of the molecule is CCN1CCC2(CC1)N=C(c1ccc(C)cc1)C[C@H](c1cc(Br)ccc1O)N2. The second-order valence-electron chi connectivity index (χ2n) is 7.99. The average molecular weight is 442 g/mol. The Morgan fingerprint density at radius 3 is 2.57 bits per heavy atom. The molecule has 2 N–H and O–H groups in total. The van der Waals surface area contributed by atoms with Gasteiger partial charge < -0.3 is 10.0 Å². The minimum absolute atomic E-state index is 0.0412. The van der Waals surface area contributed by atoms with Crippen LogP contribution >= 0.6 is 15.9 Å². The summed E-state index contributed by atoms with van der Waals surface area (Å²) in [6.45, 7) is 7.51. The molecule has 5 heteroatoms. The number of nitrogens with one attached hydrogen (secondary N) is 1. The molecule has 28 heavy (non-hydrogen) atoms. The van der Waals surface area contributed by atoms with Crippen molar-refractivity contribution < 1.29 is 5.11 Å². The van der Waals surface area contributed by atoms with Crippen LogP contribution in [0.2, 0.25) is 0 Å². The highest BCUT2D eigenvalue weighted by Gasteiger charge is 2.40. The topological polar surface area (TPSA) is 47.9 Å². The smallest absolute Gasteiger partial charge is 0.120 e. The number of aliphatic imine (C=N–C) groups is 1. The van der Waals surface area contributed by atoms with Crippen LogP contribution in [-0.4, -0.2) is 41.0 Å². The van der Waals surface area contributed by atoms with Crippen LogP contribution < -0.4 is 5.32 Å². The zero-order valence-electron chi connectivity index (χ0n) is 16.6. The third-order valence-electron chi connectivity index (χ3n) is 6.07. The van der Waals surface area contributed by atoms with E-state index >= 15 is 0 Å². The van der Waals surface area contributed by atoms with E-state index < -0.39 is 0 Å². The van der Waals surface area contributed by atoms with Crippen molar-refractivity contribution in [2.24, 2.45) is 4.99 Å². The predicted molar refractivity (Wildman–Crippen MR) is 118 cm³/mol. The average Bonchev–Trinajstić information content (AvgIpc) is 2.70. The summed E-state index contributed by atoms with van der Waals surface area (Å²) in [6, 6.07) is 14.4. The molecule has 0 radical (unpaired) electrons. The molecule has 0 amide bonds. The van der Waals surface area contributed by atoms with E-state index in [-0.39, 0.29) is 11.7 Å². The quantitative estimate of drug-likeness (QED) is 0.718. The van der Waals surface area contributed by atoms with Gasteiger partial charge in [0.25, 0.3) is 0 Å². The van der Waals surface area contributed by atoms with Gasteiger partial charge in [0.1, 0.15) is 11.4 Å². The minimum atomic E-state index is -0.260. The number of nitrogens with zero attached hydrogens (tertiary/aromatic N) is 2. The fourth-order valence-corrected chi connectivity index (χ4v) is 4.70. The van der Waals surface area contributed by atoms with Gasteiger partial charge in [-0.15, -0.1) is 0 Å². The monoisotopic (exact) mass is 441 g/mol. The third kappa shape index (κ3) is 4.02. The predicted octanol–water partition coefficient (Wildman–Crippen LogP) is 4.80. The molecule has 4 nitrogen and oxygen atoms in total. The van der Waals surface area contributed by atoms with Crippen molar-refractivity contribution in [1.29, 1.82) is 0 Å². The van der Waals surface area contributed by atoms with E-state index in [2.05, 4.69) is 64.3 Å². The van der Waals surface area contributed by atoms with Crippen LogP contribution in [0.1, 0.15) is 48.9 Å². The Labute approximate surface area is 175 Å². The van der Waals surface area contributed by atoms with Gasteiger partial charge in [-0.1, -0.05) is 52.7 Å². The van der Waals surface area contributed by atoms with Crippen molar-refractivity contribution in [2.45, 2.75) is 44.8 Å². The number of rotatable bonds is 3. The van der Waals surface area contributed by atoms with E-state index in [0.717, 1.165) is 54.6 Å². The molecule has 2 aliphatic heterocycles. The second kappa shape index (κ2) is 7.97. The number of aromatic hydroxyl groups is 1. The molecule has 1 spiro atoms. The Hall–Kier alpha value is -1.69. The molecule has 4 rings (SSSR count). The van der Waals surface area contributed by atoms with Gasteiger partial charge in [-0.25, -0.2) is 0 Å². The molecule has 0 unspecified atom stereocenters. The molecule has 1 atom stereocenters. The lowest BCUT2D eigenvalue weighted by atomic mass is 9.87. The molecule has 0 aromatic heterocycles. The lowest BCUT2D eigenvalue weighted by Crippen LogP contribution is -2.56. The van der Waals surface area contributed by atoms with Crippen molar-refractivity contribution in [3.05, 3.63) is 63.6 Å². The Kier molecular flexibility index (Phi) is 5.59. The number of piperidine rings is 1. The van der Waals surface area contributed by atoms with Crippen molar-refractivity contribution >= 4 is 21.6 Å². The van der Waals surface area contributed by atoms with Gasteiger partial charge in [0.05, 0.1) is 0 Å². The van der Waals surface area contributed by atoms with E-state index in [4.69, 9.17) is 4.99 Å². The Balaban J connectivity index is 1.72. The summed E-state index contributed by atoms with van der Waals surface area (Å²) >= 11 is 3.56. The normalized spacial score (nSPS) is 22.2. The van der Waals surface area contributed by atoms with Crippen molar-refractivity contribution in [3.8, 4) is 5.75 Å². The first-order chi connectivity index (χ1) is 13.5. The van der Waals surface area contributed by atoms with Gasteiger partial charge in [0.2, 0.25) is 0 Å². The van der Waals surface area contributed by atoms with Crippen LogP contribution in [0, 0.1) is 6.92 Å². The maximum absolute atomic E-state index is 10.5. The molecule has 2 aromatic rings. The lowest BCUT2D eigenvalue weighted by Gasteiger charge is -2.45. The summed E-state index contributed by atoms with van der Waals surface area (Å²) in [6.07, 6.45) is 2.75. The van der Waals surface area contributed by atoms with Crippen molar-refractivity contribution in [1.82, 2.24) is 10.2 Å². The fourth-order valence-electron chi connectivity index (χ4n) is 4.32. The molecular formula is C23H28BrN3O. The van der Waals surface area contributed by atoms with Crippen LogP contribution in [-0.2, 0) is 0 Å². The molecule has 0 bridgehead atoms. The summed E-state index contributed by atoms with van der Waals surface area (Å²) in [5.74, 6) is 0.340. The molecule has 1 saturated heterocycles. The maximum atomic E-state index is 10.5. The molecule has 2 aliphatic rings. The number of phenols is 1. The standard InChI is InChI=1S/C23H28BrN3O/c1-3-27-12-10-23(11-13-27)25-20(17-6-4-16(2)5-7-17)15-21(26-23)19-14-18(24)8-9-22(19)28/h4-9,14,21,26,28H,3,10-13,15H2,1-2H3/t21-/m1/s1. The molecule has 2 heterocycles. The lowest BCUT2D eigenvalue weighted by molar-refractivity contribution is 0.129. The highest BCUT2D eigenvalue weighted by Crippen LogP contribution is 2.38.